The molecule has 1 atom stereocenters. The van der Waals surface area contributed by atoms with E-state index in [4.69, 9.17) is 0 Å². The van der Waals surface area contributed by atoms with Gasteiger partial charge in [-0.15, -0.1) is 0 Å². The Hall–Kier alpha value is -1.36. The molecule has 5 heteroatoms. The number of nitrogens with one attached hydrogen (secondary N) is 1. The maximum atomic E-state index is 12.6. The van der Waals surface area contributed by atoms with E-state index in [1.807, 2.05) is 6.20 Å². The molecule has 2 saturated heterocycles. The van der Waals surface area contributed by atoms with Gasteiger partial charge in [-0.05, 0) is 38.8 Å². The van der Waals surface area contributed by atoms with Gasteiger partial charge in [0.05, 0.1) is 6.54 Å². The second-order valence-corrected chi connectivity index (χ2v) is 6.70. The van der Waals surface area contributed by atoms with E-state index >= 15 is 0 Å². The number of aromatic amines is 1. The molecule has 2 fully saturated rings. The lowest BCUT2D eigenvalue weighted by atomic mass is 9.97. The lowest BCUT2D eigenvalue weighted by Gasteiger charge is -2.34. The van der Waals surface area contributed by atoms with Gasteiger partial charge in [0, 0.05) is 31.4 Å². The maximum Gasteiger partial charge on any atom is 0.236 e. The molecule has 1 N–H and O–H groups in total. The topological polar surface area (TPSA) is 52.2 Å². The summed E-state index contributed by atoms with van der Waals surface area (Å²) in [6, 6.07) is 0. The predicted molar refractivity (Wildman–Crippen MR) is 86.7 cm³/mol. The number of hydrogen-bond acceptors (Lipinski definition) is 3. The molecule has 0 radical (unpaired) electrons. The van der Waals surface area contributed by atoms with E-state index in [0.29, 0.717) is 18.4 Å². The standard InChI is InChI=1S/C17H28N4O/c22-16(14-20-10-4-2-1-3-5-11-20)21-12-6-7-15(13-21)17-18-8-9-19-17/h8-9,15H,1-7,10-14H2,(H,18,19)/t15-/m0/s1. The largest absolute Gasteiger partial charge is 0.348 e. The number of H-pyrrole nitrogens is 1. The van der Waals surface area contributed by atoms with Gasteiger partial charge < -0.3 is 9.88 Å². The van der Waals surface area contributed by atoms with Crippen LogP contribution in [0.25, 0.3) is 0 Å². The van der Waals surface area contributed by atoms with Crippen molar-refractivity contribution in [2.75, 3.05) is 32.7 Å². The van der Waals surface area contributed by atoms with Crippen LogP contribution in [0.1, 0.15) is 56.7 Å². The van der Waals surface area contributed by atoms with Crippen molar-refractivity contribution in [1.82, 2.24) is 19.8 Å². The van der Waals surface area contributed by atoms with Crippen LogP contribution in [-0.4, -0.2) is 58.4 Å². The molecular weight excluding hydrogens is 276 g/mol. The number of nitrogens with zero attached hydrogens (tertiary/aromatic N) is 3. The third-order valence-corrected chi connectivity index (χ3v) is 4.99. The molecule has 3 heterocycles. The molecule has 1 aromatic heterocycles. The first-order valence-corrected chi connectivity index (χ1v) is 8.82. The van der Waals surface area contributed by atoms with Gasteiger partial charge >= 0.3 is 0 Å². The summed E-state index contributed by atoms with van der Waals surface area (Å²) in [7, 11) is 0. The van der Waals surface area contributed by atoms with Crippen LogP contribution in [0.3, 0.4) is 0 Å². The van der Waals surface area contributed by atoms with Gasteiger partial charge in [-0.25, -0.2) is 4.98 Å². The second kappa shape index (κ2) is 7.77. The number of hydrogen-bond donors (Lipinski definition) is 1. The van der Waals surface area contributed by atoms with Crippen molar-refractivity contribution in [2.45, 2.75) is 50.9 Å². The Morgan fingerprint density at radius 1 is 1.14 bits per heavy atom. The van der Waals surface area contributed by atoms with E-state index in [9.17, 15) is 4.79 Å². The maximum absolute atomic E-state index is 12.6. The highest BCUT2D eigenvalue weighted by Gasteiger charge is 2.27. The number of carbonyl (C=O) groups excluding carboxylic acids is 1. The summed E-state index contributed by atoms with van der Waals surface area (Å²) in [5, 5.41) is 0. The highest BCUT2D eigenvalue weighted by atomic mass is 16.2. The summed E-state index contributed by atoms with van der Waals surface area (Å²) in [6.07, 6.45) is 12.3. The van der Waals surface area contributed by atoms with Crippen LogP contribution in [-0.2, 0) is 4.79 Å². The van der Waals surface area contributed by atoms with Crippen LogP contribution in [0.4, 0.5) is 0 Å². The third-order valence-electron chi connectivity index (χ3n) is 4.99. The Bertz CT molecular complexity index is 451. The van der Waals surface area contributed by atoms with Crippen molar-refractivity contribution >= 4 is 5.91 Å². The molecule has 5 nitrogen and oxygen atoms in total. The fourth-order valence-corrected chi connectivity index (χ4v) is 3.69. The van der Waals surface area contributed by atoms with E-state index in [2.05, 4.69) is 19.8 Å². The molecule has 3 rings (SSSR count). The van der Waals surface area contributed by atoms with Crippen LogP contribution >= 0.6 is 0 Å². The van der Waals surface area contributed by atoms with Gasteiger partial charge in [0.2, 0.25) is 5.91 Å². The van der Waals surface area contributed by atoms with Crippen LogP contribution in [0.15, 0.2) is 12.4 Å². The zero-order valence-corrected chi connectivity index (χ0v) is 13.5. The summed E-state index contributed by atoms with van der Waals surface area (Å²) >= 11 is 0. The Morgan fingerprint density at radius 2 is 1.91 bits per heavy atom. The molecule has 0 saturated carbocycles. The summed E-state index contributed by atoms with van der Waals surface area (Å²) in [6.45, 7) is 4.50. The van der Waals surface area contributed by atoms with Crippen molar-refractivity contribution in [1.29, 1.82) is 0 Å². The van der Waals surface area contributed by atoms with Gasteiger partial charge in [-0.1, -0.05) is 19.3 Å². The Balaban J connectivity index is 1.52. The SMILES string of the molecule is O=C(CN1CCCCCCC1)N1CCC[C@H](c2ncc[nH]2)C1. The quantitative estimate of drug-likeness (QED) is 0.933. The van der Waals surface area contributed by atoms with E-state index in [1.54, 1.807) is 6.20 Å². The summed E-state index contributed by atoms with van der Waals surface area (Å²) < 4.78 is 0. The molecule has 122 valence electrons. The monoisotopic (exact) mass is 304 g/mol. The van der Waals surface area contributed by atoms with Crippen LogP contribution in [0.2, 0.25) is 0 Å². The fraction of sp³-hybridized carbons (Fsp3) is 0.765. The number of rotatable bonds is 3. The lowest BCUT2D eigenvalue weighted by Crippen LogP contribution is -2.45. The molecule has 1 amide bonds. The number of piperidine rings is 1. The number of amides is 1. The molecule has 0 aliphatic carbocycles. The van der Waals surface area contributed by atoms with Crippen LogP contribution in [0.5, 0.6) is 0 Å². The van der Waals surface area contributed by atoms with Crippen molar-refractivity contribution in [3.05, 3.63) is 18.2 Å². The zero-order chi connectivity index (χ0) is 15.2. The Morgan fingerprint density at radius 3 is 2.64 bits per heavy atom. The van der Waals surface area contributed by atoms with Crippen LogP contribution in [0, 0.1) is 0 Å². The molecule has 0 bridgehead atoms. The molecule has 0 unspecified atom stereocenters. The van der Waals surface area contributed by atoms with E-state index in [0.717, 1.165) is 44.8 Å². The number of likely N-dealkylation sites (tertiary alicyclic amines) is 2. The highest BCUT2D eigenvalue weighted by molar-refractivity contribution is 5.78. The van der Waals surface area contributed by atoms with E-state index in [1.165, 1.54) is 32.1 Å². The van der Waals surface area contributed by atoms with Gasteiger partial charge in [-0.3, -0.25) is 9.69 Å². The smallest absolute Gasteiger partial charge is 0.236 e. The summed E-state index contributed by atoms with van der Waals surface area (Å²) in [4.78, 5) is 24.6. The number of carbonyl (C=O) groups is 1. The first kappa shape index (κ1) is 15.5. The van der Waals surface area contributed by atoms with Gasteiger partial charge in [0.15, 0.2) is 0 Å². The van der Waals surface area contributed by atoms with E-state index < -0.39 is 0 Å². The highest BCUT2D eigenvalue weighted by Crippen LogP contribution is 2.24. The van der Waals surface area contributed by atoms with Crippen molar-refractivity contribution in [3.63, 3.8) is 0 Å². The predicted octanol–water partition coefficient (Wildman–Crippen LogP) is 2.38. The summed E-state index contributed by atoms with van der Waals surface area (Å²) in [5.74, 6) is 1.71. The summed E-state index contributed by atoms with van der Waals surface area (Å²) in [5.41, 5.74) is 0. The van der Waals surface area contributed by atoms with Crippen LogP contribution < -0.4 is 0 Å². The lowest BCUT2D eigenvalue weighted by molar-refractivity contribution is -0.133. The Labute approximate surface area is 133 Å². The number of imidazole rings is 1. The van der Waals surface area contributed by atoms with Gasteiger partial charge in [-0.2, -0.15) is 0 Å². The molecule has 0 spiro atoms. The molecule has 1 aromatic rings. The minimum absolute atomic E-state index is 0.303. The molecule has 2 aliphatic heterocycles. The molecule has 2 aliphatic rings. The van der Waals surface area contributed by atoms with Crippen molar-refractivity contribution in [3.8, 4) is 0 Å². The Kier molecular flexibility index (Phi) is 5.48. The average molecular weight is 304 g/mol. The average Bonchev–Trinajstić information content (AvgIpc) is 3.04. The second-order valence-electron chi connectivity index (χ2n) is 6.70. The zero-order valence-electron chi connectivity index (χ0n) is 13.5. The molecular formula is C17H28N4O. The third kappa shape index (κ3) is 4.09. The van der Waals surface area contributed by atoms with Gasteiger partial charge in [0.25, 0.3) is 0 Å². The molecule has 0 aromatic carbocycles. The number of aromatic nitrogens is 2. The van der Waals surface area contributed by atoms with E-state index in [-0.39, 0.29) is 0 Å². The minimum atomic E-state index is 0.303. The fourth-order valence-electron chi connectivity index (χ4n) is 3.69. The normalized spacial score (nSPS) is 24.7. The molecule has 22 heavy (non-hydrogen) atoms. The first-order valence-electron chi connectivity index (χ1n) is 8.82. The van der Waals surface area contributed by atoms with Gasteiger partial charge in [0.1, 0.15) is 5.82 Å². The first-order chi connectivity index (χ1) is 10.8. The van der Waals surface area contributed by atoms with Crippen molar-refractivity contribution in [2.24, 2.45) is 0 Å². The minimum Gasteiger partial charge on any atom is -0.348 e. The van der Waals surface area contributed by atoms with Crippen molar-refractivity contribution < 1.29 is 4.79 Å².